The van der Waals surface area contributed by atoms with Crippen molar-refractivity contribution in [2.24, 2.45) is 0 Å². The highest BCUT2D eigenvalue weighted by molar-refractivity contribution is 6.04. The minimum atomic E-state index is -4.80. The first-order valence-corrected chi connectivity index (χ1v) is 8.44. The molecule has 146 valence electrons. The number of carbonyl (C=O) groups is 1. The Bertz CT molecular complexity index is 956. The summed E-state index contributed by atoms with van der Waals surface area (Å²) in [5.41, 5.74) is 1.32. The first-order chi connectivity index (χ1) is 13.4. The predicted molar refractivity (Wildman–Crippen MR) is 94.8 cm³/mol. The van der Waals surface area contributed by atoms with E-state index in [1.54, 1.807) is 24.3 Å². The SMILES string of the molecule is CCCc1cc(OC(F)(F)F)ccc1C(=O)Nc1nnc(-c2ccccc2)o1. The minimum absolute atomic E-state index is 0.109. The smallest absolute Gasteiger partial charge is 0.406 e. The number of aromatic nitrogens is 2. The Hall–Kier alpha value is -3.36. The summed E-state index contributed by atoms with van der Waals surface area (Å²) < 4.78 is 46.6. The second-order valence-corrected chi connectivity index (χ2v) is 5.85. The molecule has 0 aliphatic heterocycles. The zero-order valence-corrected chi connectivity index (χ0v) is 14.8. The van der Waals surface area contributed by atoms with Gasteiger partial charge < -0.3 is 9.15 Å². The van der Waals surface area contributed by atoms with Crippen LogP contribution in [0.4, 0.5) is 19.2 Å². The molecule has 6 nitrogen and oxygen atoms in total. The first-order valence-electron chi connectivity index (χ1n) is 8.44. The Morgan fingerprint density at radius 3 is 2.57 bits per heavy atom. The Morgan fingerprint density at radius 1 is 1.14 bits per heavy atom. The van der Waals surface area contributed by atoms with Crippen LogP contribution in [0.15, 0.2) is 52.9 Å². The van der Waals surface area contributed by atoms with Crippen LogP contribution in [0.3, 0.4) is 0 Å². The highest BCUT2D eigenvalue weighted by atomic mass is 19.4. The molecule has 0 fully saturated rings. The van der Waals surface area contributed by atoms with E-state index in [-0.39, 0.29) is 23.2 Å². The maximum Gasteiger partial charge on any atom is 0.573 e. The quantitative estimate of drug-likeness (QED) is 0.651. The number of alkyl halides is 3. The molecular weight excluding hydrogens is 375 g/mol. The van der Waals surface area contributed by atoms with Gasteiger partial charge in [0.05, 0.1) is 0 Å². The number of aryl methyl sites for hydroxylation is 1. The standard InChI is InChI=1S/C19H16F3N3O3/c1-2-6-13-11-14(28-19(20,21)22)9-10-15(13)16(26)23-18-25-24-17(27-18)12-7-4-3-5-8-12/h3-5,7-11H,2,6H2,1H3,(H,23,25,26). The van der Waals surface area contributed by atoms with Crippen LogP contribution in [-0.4, -0.2) is 22.5 Å². The number of amides is 1. The van der Waals surface area contributed by atoms with Gasteiger partial charge in [0.25, 0.3) is 5.91 Å². The normalized spacial score (nSPS) is 11.3. The molecule has 2 aromatic carbocycles. The molecule has 0 atom stereocenters. The molecule has 1 amide bonds. The zero-order chi connectivity index (χ0) is 20.1. The van der Waals surface area contributed by atoms with Crippen molar-refractivity contribution in [2.45, 2.75) is 26.1 Å². The summed E-state index contributed by atoms with van der Waals surface area (Å²) >= 11 is 0. The van der Waals surface area contributed by atoms with E-state index >= 15 is 0 Å². The van der Waals surface area contributed by atoms with E-state index in [0.717, 1.165) is 6.07 Å². The first kappa shape index (κ1) is 19.4. The van der Waals surface area contributed by atoms with E-state index in [1.165, 1.54) is 12.1 Å². The summed E-state index contributed by atoms with van der Waals surface area (Å²) in [4.78, 5) is 12.6. The molecule has 9 heteroatoms. The Kier molecular flexibility index (Phi) is 5.62. The third-order valence-corrected chi connectivity index (χ3v) is 3.74. The van der Waals surface area contributed by atoms with Gasteiger partial charge in [0.2, 0.25) is 5.89 Å². The van der Waals surface area contributed by atoms with Crippen molar-refractivity contribution in [1.29, 1.82) is 0 Å². The van der Waals surface area contributed by atoms with Gasteiger partial charge >= 0.3 is 12.4 Å². The fourth-order valence-electron chi connectivity index (χ4n) is 2.60. The molecule has 0 bridgehead atoms. The predicted octanol–water partition coefficient (Wildman–Crippen LogP) is 4.84. The number of rotatable bonds is 6. The van der Waals surface area contributed by atoms with Gasteiger partial charge in [0.15, 0.2) is 0 Å². The second kappa shape index (κ2) is 8.12. The number of nitrogens with one attached hydrogen (secondary N) is 1. The number of anilines is 1. The lowest BCUT2D eigenvalue weighted by Crippen LogP contribution is -2.18. The lowest BCUT2D eigenvalue weighted by molar-refractivity contribution is -0.274. The number of nitrogens with zero attached hydrogens (tertiary/aromatic N) is 2. The Morgan fingerprint density at radius 2 is 1.89 bits per heavy atom. The van der Waals surface area contributed by atoms with Crippen LogP contribution >= 0.6 is 0 Å². The molecular formula is C19H16F3N3O3. The Balaban J connectivity index is 1.79. The lowest BCUT2D eigenvalue weighted by atomic mass is 10.0. The highest BCUT2D eigenvalue weighted by Gasteiger charge is 2.31. The molecule has 0 saturated heterocycles. The largest absolute Gasteiger partial charge is 0.573 e. The van der Waals surface area contributed by atoms with E-state index in [9.17, 15) is 18.0 Å². The van der Waals surface area contributed by atoms with E-state index in [4.69, 9.17) is 4.42 Å². The van der Waals surface area contributed by atoms with Crippen molar-refractivity contribution in [3.63, 3.8) is 0 Å². The highest BCUT2D eigenvalue weighted by Crippen LogP contribution is 2.26. The minimum Gasteiger partial charge on any atom is -0.406 e. The number of halogens is 3. The number of benzene rings is 2. The van der Waals surface area contributed by atoms with E-state index < -0.39 is 12.3 Å². The molecule has 1 aromatic heterocycles. The molecule has 0 aliphatic carbocycles. The van der Waals surface area contributed by atoms with Gasteiger partial charge in [-0.05, 0) is 42.3 Å². The van der Waals surface area contributed by atoms with Crippen LogP contribution in [0.25, 0.3) is 11.5 Å². The zero-order valence-electron chi connectivity index (χ0n) is 14.8. The summed E-state index contributed by atoms with van der Waals surface area (Å²) in [7, 11) is 0. The Labute approximate surface area is 158 Å². The van der Waals surface area contributed by atoms with Gasteiger partial charge in [0, 0.05) is 11.1 Å². The molecule has 28 heavy (non-hydrogen) atoms. The van der Waals surface area contributed by atoms with E-state index in [0.29, 0.717) is 24.0 Å². The van der Waals surface area contributed by atoms with Crippen molar-refractivity contribution >= 4 is 11.9 Å². The lowest BCUT2D eigenvalue weighted by Gasteiger charge is -2.13. The molecule has 0 saturated carbocycles. The fourth-order valence-corrected chi connectivity index (χ4v) is 2.60. The molecule has 1 heterocycles. The number of carbonyl (C=O) groups excluding carboxylic acids is 1. The molecule has 3 aromatic rings. The van der Waals surface area contributed by atoms with Crippen LogP contribution in [0.2, 0.25) is 0 Å². The second-order valence-electron chi connectivity index (χ2n) is 5.85. The molecule has 0 radical (unpaired) electrons. The third kappa shape index (κ3) is 4.87. The average molecular weight is 391 g/mol. The monoisotopic (exact) mass is 391 g/mol. The number of ether oxygens (including phenoxy) is 1. The number of hydrogen-bond donors (Lipinski definition) is 1. The van der Waals surface area contributed by atoms with Gasteiger partial charge in [-0.3, -0.25) is 10.1 Å². The third-order valence-electron chi connectivity index (χ3n) is 3.74. The van der Waals surface area contributed by atoms with Crippen LogP contribution < -0.4 is 10.1 Å². The summed E-state index contributed by atoms with van der Waals surface area (Å²) in [6.45, 7) is 1.85. The van der Waals surface area contributed by atoms with E-state index in [2.05, 4.69) is 20.3 Å². The molecule has 1 N–H and O–H groups in total. The van der Waals surface area contributed by atoms with Crippen LogP contribution in [0.1, 0.15) is 29.3 Å². The van der Waals surface area contributed by atoms with Gasteiger partial charge in [-0.25, -0.2) is 0 Å². The summed E-state index contributed by atoms with van der Waals surface area (Å²) in [5.74, 6) is -0.708. The maximum atomic E-state index is 12.6. The van der Waals surface area contributed by atoms with Crippen molar-refractivity contribution in [2.75, 3.05) is 5.32 Å². The average Bonchev–Trinajstić information content (AvgIpc) is 3.10. The van der Waals surface area contributed by atoms with Gasteiger partial charge in [0.1, 0.15) is 5.75 Å². The molecule has 0 unspecified atom stereocenters. The topological polar surface area (TPSA) is 77.2 Å². The van der Waals surface area contributed by atoms with Gasteiger partial charge in [-0.2, -0.15) is 0 Å². The molecule has 3 rings (SSSR count). The van der Waals surface area contributed by atoms with Crippen molar-refractivity contribution < 1.29 is 27.1 Å². The van der Waals surface area contributed by atoms with Crippen molar-refractivity contribution in [3.8, 4) is 17.2 Å². The maximum absolute atomic E-state index is 12.6. The molecule has 0 spiro atoms. The van der Waals surface area contributed by atoms with Crippen molar-refractivity contribution in [1.82, 2.24) is 10.2 Å². The van der Waals surface area contributed by atoms with E-state index in [1.807, 2.05) is 13.0 Å². The van der Waals surface area contributed by atoms with Crippen LogP contribution in [0, 0.1) is 0 Å². The molecule has 0 aliphatic rings. The number of hydrogen-bond acceptors (Lipinski definition) is 5. The fraction of sp³-hybridized carbons (Fsp3) is 0.211. The summed E-state index contributed by atoms with van der Waals surface area (Å²) in [6, 6.07) is 12.5. The van der Waals surface area contributed by atoms with Crippen LogP contribution in [0.5, 0.6) is 5.75 Å². The van der Waals surface area contributed by atoms with Gasteiger partial charge in [-0.15, -0.1) is 18.3 Å². The van der Waals surface area contributed by atoms with Crippen molar-refractivity contribution in [3.05, 3.63) is 59.7 Å². The summed E-state index contributed by atoms with van der Waals surface area (Å²) in [6.07, 6.45) is -3.77. The van der Waals surface area contributed by atoms with Gasteiger partial charge in [-0.1, -0.05) is 36.6 Å². The van der Waals surface area contributed by atoms with Crippen LogP contribution in [-0.2, 0) is 6.42 Å². The summed E-state index contributed by atoms with van der Waals surface area (Å²) in [5, 5.41) is 10.1.